The predicted octanol–water partition coefficient (Wildman–Crippen LogP) is 5.14. The van der Waals surface area contributed by atoms with Gasteiger partial charge in [-0.2, -0.15) is 0 Å². The zero-order valence-corrected chi connectivity index (χ0v) is 22.4. The Labute approximate surface area is 209 Å². The summed E-state index contributed by atoms with van der Waals surface area (Å²) < 4.78 is 11.8. The molecule has 7 aliphatic rings. The van der Waals surface area contributed by atoms with Gasteiger partial charge in [0.15, 0.2) is 5.60 Å². The van der Waals surface area contributed by atoms with Crippen LogP contribution in [0.25, 0.3) is 0 Å². The van der Waals surface area contributed by atoms with Crippen molar-refractivity contribution in [3.63, 3.8) is 0 Å². The second kappa shape index (κ2) is 6.25. The first-order valence-corrected chi connectivity index (χ1v) is 14.2. The monoisotopic (exact) mass is 482 g/mol. The van der Waals surface area contributed by atoms with Crippen LogP contribution in [0.5, 0.6) is 0 Å². The molecule has 0 aromatic rings. The van der Waals surface area contributed by atoms with Gasteiger partial charge in [-0.15, -0.1) is 0 Å². The maximum Gasteiger partial charge on any atom is 0.341 e. The molecule has 5 saturated carbocycles. The van der Waals surface area contributed by atoms with E-state index in [1.165, 1.54) is 0 Å². The summed E-state index contributed by atoms with van der Waals surface area (Å²) in [5, 5.41) is 0. The lowest BCUT2D eigenvalue weighted by atomic mass is 9.32. The average molecular weight is 483 g/mol. The number of fused-ring (bicyclic) bond motifs is 10. The van der Waals surface area contributed by atoms with Crippen LogP contribution in [0.15, 0.2) is 0 Å². The highest BCUT2D eigenvalue weighted by Crippen LogP contribution is 2.78. The van der Waals surface area contributed by atoms with Gasteiger partial charge in [0.05, 0.1) is 6.61 Å². The van der Waals surface area contributed by atoms with E-state index in [9.17, 15) is 14.4 Å². The second-order valence-corrected chi connectivity index (χ2v) is 15.3. The molecule has 0 aromatic carbocycles. The molecule has 5 heteroatoms. The Balaban J connectivity index is 1.31. The second-order valence-electron chi connectivity index (χ2n) is 15.3. The quantitative estimate of drug-likeness (QED) is 0.353. The number of esters is 1. The van der Waals surface area contributed by atoms with Gasteiger partial charge in [-0.25, -0.2) is 4.79 Å². The van der Waals surface area contributed by atoms with E-state index in [0.717, 1.165) is 38.5 Å². The van der Waals surface area contributed by atoms with Crippen LogP contribution in [0.1, 0.15) is 92.9 Å². The van der Waals surface area contributed by atoms with Crippen molar-refractivity contribution in [2.24, 2.45) is 56.7 Å². The van der Waals surface area contributed by atoms with Crippen molar-refractivity contribution >= 4 is 17.5 Å². The highest BCUT2D eigenvalue weighted by molar-refractivity contribution is 5.95. The van der Waals surface area contributed by atoms with Gasteiger partial charge in [-0.1, -0.05) is 41.5 Å². The van der Waals surface area contributed by atoms with Crippen molar-refractivity contribution in [3.8, 4) is 0 Å². The van der Waals surface area contributed by atoms with E-state index < -0.39 is 11.0 Å². The highest BCUT2D eigenvalue weighted by Gasteiger charge is 2.79. The molecule has 0 unspecified atom stereocenters. The van der Waals surface area contributed by atoms with Crippen LogP contribution in [0.3, 0.4) is 0 Å². The zero-order valence-electron chi connectivity index (χ0n) is 22.4. The molecule has 0 aromatic heterocycles. The summed E-state index contributed by atoms with van der Waals surface area (Å²) in [6.07, 6.45) is 7.52. The lowest BCUT2D eigenvalue weighted by Crippen LogP contribution is -2.68. The van der Waals surface area contributed by atoms with E-state index in [4.69, 9.17) is 9.47 Å². The van der Waals surface area contributed by atoms with Crippen LogP contribution in [0, 0.1) is 56.7 Å². The molecule has 35 heavy (non-hydrogen) atoms. The number of carbonyl (C=O) groups excluding carboxylic acids is 3. The van der Waals surface area contributed by atoms with Gasteiger partial charge >= 0.3 is 5.97 Å². The Morgan fingerprint density at radius 2 is 1.57 bits per heavy atom. The molecule has 0 radical (unpaired) electrons. The van der Waals surface area contributed by atoms with Gasteiger partial charge in [0.25, 0.3) is 0 Å². The lowest BCUT2D eigenvalue weighted by molar-refractivity contribution is -0.228. The average Bonchev–Trinajstić information content (AvgIpc) is 3.44. The third-order valence-electron chi connectivity index (χ3n) is 13.8. The number of rotatable bonds is 0. The SMILES string of the molecule is CC1(C)C(=O)CC[C@]2(C)[C@H]3CC[C@H]4[C@@H]5[C@H]6[C@@H](C[C@]5(C)CC[C@@]4(C)[C@]3(C)CC(=O)[C@@H]12)OC(=O)[C@@]61CO1. The molecule has 0 N–H and O–H groups in total. The maximum absolute atomic E-state index is 14.1. The maximum atomic E-state index is 14.1. The number of hydrogen-bond acceptors (Lipinski definition) is 5. The van der Waals surface area contributed by atoms with Crippen molar-refractivity contribution in [1.29, 1.82) is 0 Å². The fourth-order valence-corrected chi connectivity index (χ4v) is 12.1. The molecule has 2 aliphatic heterocycles. The normalized spacial score (nSPS) is 59.8. The molecular weight excluding hydrogens is 440 g/mol. The minimum absolute atomic E-state index is 0.00655. The van der Waals surface area contributed by atoms with Gasteiger partial charge in [-0.05, 0) is 77.9 Å². The molecule has 2 saturated heterocycles. The molecule has 7 rings (SSSR count). The summed E-state index contributed by atoms with van der Waals surface area (Å²) in [6.45, 7) is 14.3. The van der Waals surface area contributed by atoms with Crippen LogP contribution in [0.2, 0.25) is 0 Å². The lowest BCUT2D eigenvalue weighted by Gasteiger charge is -2.71. The number of hydrogen-bond donors (Lipinski definition) is 0. The molecule has 1 spiro atoms. The molecule has 192 valence electrons. The van der Waals surface area contributed by atoms with E-state index in [2.05, 4.69) is 27.7 Å². The van der Waals surface area contributed by atoms with E-state index in [-0.39, 0.29) is 51.4 Å². The Kier molecular flexibility index (Phi) is 4.09. The minimum Gasteiger partial charge on any atom is -0.460 e. The van der Waals surface area contributed by atoms with E-state index >= 15 is 0 Å². The fraction of sp³-hybridized carbons (Fsp3) is 0.900. The van der Waals surface area contributed by atoms with Gasteiger partial charge in [-0.3, -0.25) is 9.59 Å². The first-order chi connectivity index (χ1) is 16.2. The summed E-state index contributed by atoms with van der Waals surface area (Å²) >= 11 is 0. The molecule has 5 nitrogen and oxygen atoms in total. The van der Waals surface area contributed by atoms with Crippen molar-refractivity contribution in [3.05, 3.63) is 0 Å². The Bertz CT molecular complexity index is 1060. The third kappa shape index (κ3) is 2.36. The van der Waals surface area contributed by atoms with Crippen LogP contribution in [-0.4, -0.2) is 35.8 Å². The molecule has 7 fully saturated rings. The van der Waals surface area contributed by atoms with Gasteiger partial charge in [0.1, 0.15) is 17.7 Å². The number of ether oxygens (including phenoxy) is 2. The Morgan fingerprint density at radius 3 is 2.26 bits per heavy atom. The number of ketones is 2. The number of Topliss-reactive ketones (excluding diaryl/α,β-unsaturated/α-hetero) is 2. The van der Waals surface area contributed by atoms with E-state index in [0.29, 0.717) is 43.0 Å². The number of epoxide rings is 1. The van der Waals surface area contributed by atoms with Crippen molar-refractivity contribution in [2.75, 3.05) is 6.61 Å². The van der Waals surface area contributed by atoms with Crippen molar-refractivity contribution < 1.29 is 23.9 Å². The molecule has 2 heterocycles. The Morgan fingerprint density at radius 1 is 0.857 bits per heavy atom. The van der Waals surface area contributed by atoms with Crippen molar-refractivity contribution in [1.82, 2.24) is 0 Å². The molecule has 11 atom stereocenters. The first kappa shape index (κ1) is 22.9. The van der Waals surface area contributed by atoms with Gasteiger partial charge in [0, 0.05) is 30.1 Å². The van der Waals surface area contributed by atoms with Gasteiger partial charge < -0.3 is 9.47 Å². The summed E-state index contributed by atoms with van der Waals surface area (Å²) in [5.74, 6) is 1.79. The van der Waals surface area contributed by atoms with Crippen LogP contribution < -0.4 is 0 Å². The summed E-state index contributed by atoms with van der Waals surface area (Å²) in [5.41, 5.74) is -1.25. The topological polar surface area (TPSA) is 73.0 Å². The largest absolute Gasteiger partial charge is 0.460 e. The molecular formula is C30H42O5. The smallest absolute Gasteiger partial charge is 0.341 e. The first-order valence-electron chi connectivity index (χ1n) is 14.2. The number of carbonyl (C=O) groups is 3. The van der Waals surface area contributed by atoms with Crippen LogP contribution in [-0.2, 0) is 23.9 Å². The predicted molar refractivity (Wildman–Crippen MR) is 129 cm³/mol. The van der Waals surface area contributed by atoms with Crippen molar-refractivity contribution in [2.45, 2.75) is 105 Å². The molecule has 0 amide bonds. The standard InChI is InChI=1S/C30H42O5/c1-25(2)20(32)9-10-27(4)19-8-7-16-21-22-18(35-24(33)30(22)15-34-30)14-26(21,3)11-12-28(16,5)29(19,6)13-17(31)23(25)27/h16,18-19,21-23H,7-15H2,1-6H3/t16-,18+,19+,21+,22+,23-,26-,27+,28+,29+,30+/m0/s1. The zero-order chi connectivity index (χ0) is 25.0. The van der Waals surface area contributed by atoms with Gasteiger partial charge in [0.2, 0.25) is 0 Å². The molecule has 5 aliphatic carbocycles. The van der Waals surface area contributed by atoms with Crippen LogP contribution in [0.4, 0.5) is 0 Å². The minimum atomic E-state index is -0.684. The van der Waals surface area contributed by atoms with Crippen LogP contribution >= 0.6 is 0 Å². The Hall–Kier alpha value is -1.23. The summed E-state index contributed by atoms with van der Waals surface area (Å²) in [7, 11) is 0. The fourth-order valence-electron chi connectivity index (χ4n) is 12.1. The van der Waals surface area contributed by atoms with E-state index in [1.807, 2.05) is 13.8 Å². The summed E-state index contributed by atoms with van der Waals surface area (Å²) in [4.78, 5) is 39.8. The molecule has 0 bridgehead atoms. The van der Waals surface area contributed by atoms with E-state index in [1.54, 1.807) is 0 Å². The highest BCUT2D eigenvalue weighted by atomic mass is 16.7. The summed E-state index contributed by atoms with van der Waals surface area (Å²) in [6, 6.07) is 0. The third-order valence-corrected chi connectivity index (χ3v) is 13.8.